The summed E-state index contributed by atoms with van der Waals surface area (Å²) in [6, 6.07) is 5.33. The smallest absolute Gasteiger partial charge is 0.0493 e. The van der Waals surface area contributed by atoms with Crippen molar-refractivity contribution in [2.75, 3.05) is 0 Å². The highest BCUT2D eigenvalue weighted by molar-refractivity contribution is 6.37. The Bertz CT molecular complexity index is 341. The summed E-state index contributed by atoms with van der Waals surface area (Å²) in [4.78, 5) is 0. The summed E-state index contributed by atoms with van der Waals surface area (Å²) in [5.41, 5.74) is 0.780. The number of halogens is 2. The summed E-state index contributed by atoms with van der Waals surface area (Å²) in [6.07, 6.45) is 5.53. The van der Waals surface area contributed by atoms with Crippen LogP contribution in [0.5, 0.6) is 0 Å². The lowest BCUT2D eigenvalue weighted by atomic mass is 10.2. The fourth-order valence-electron chi connectivity index (χ4n) is 0.964. The molecule has 0 spiro atoms. The zero-order chi connectivity index (χ0) is 10.4. The number of hydrogen-bond donors (Lipinski definition) is 1. The average molecular weight is 230 g/mol. The van der Waals surface area contributed by atoms with Crippen LogP contribution in [0.3, 0.4) is 0 Å². The van der Waals surface area contributed by atoms with Gasteiger partial charge in [-0.05, 0) is 12.1 Å². The van der Waals surface area contributed by atoms with Crippen LogP contribution in [0, 0.1) is 0 Å². The van der Waals surface area contributed by atoms with E-state index in [1.807, 2.05) is 6.08 Å². The van der Waals surface area contributed by atoms with Crippen molar-refractivity contribution in [3.8, 4) is 0 Å². The maximum Gasteiger partial charge on any atom is 0.0493 e. The molecule has 0 aliphatic carbocycles. The predicted octanol–water partition coefficient (Wildman–Crippen LogP) is 3.86. The zero-order valence-corrected chi connectivity index (χ0v) is 8.83. The molecule has 0 fully saturated rings. The molecule has 0 aromatic heterocycles. The fourth-order valence-corrected chi connectivity index (χ4v) is 1.49. The number of nitrogens with zero attached hydrogens (tertiary/aromatic N) is 1. The molecular weight excluding hydrogens is 221 g/mol. The molecule has 1 rings (SSSR count). The number of benzene rings is 1. The van der Waals surface area contributed by atoms with E-state index in [-0.39, 0.29) is 0 Å². The lowest BCUT2D eigenvalue weighted by Crippen LogP contribution is -1.77. The summed E-state index contributed by atoms with van der Waals surface area (Å²) < 4.78 is 0. The minimum absolute atomic E-state index is 0.540. The van der Waals surface area contributed by atoms with Crippen LogP contribution in [0.4, 0.5) is 0 Å². The Morgan fingerprint density at radius 2 is 1.93 bits per heavy atom. The van der Waals surface area contributed by atoms with E-state index in [0.29, 0.717) is 16.5 Å². The van der Waals surface area contributed by atoms with Crippen LogP contribution in [-0.4, -0.2) is 11.4 Å². The minimum atomic E-state index is 0.540. The van der Waals surface area contributed by atoms with Crippen molar-refractivity contribution in [3.63, 3.8) is 0 Å². The van der Waals surface area contributed by atoms with Gasteiger partial charge in [-0.1, -0.05) is 41.4 Å². The Kier molecular flexibility index (Phi) is 4.50. The molecule has 14 heavy (non-hydrogen) atoms. The van der Waals surface area contributed by atoms with E-state index in [1.54, 1.807) is 24.3 Å². The molecule has 1 aromatic rings. The van der Waals surface area contributed by atoms with Gasteiger partial charge in [0.15, 0.2) is 0 Å². The zero-order valence-electron chi connectivity index (χ0n) is 7.32. The second-order valence-corrected chi connectivity index (χ2v) is 3.39. The second kappa shape index (κ2) is 5.68. The Morgan fingerprint density at radius 3 is 2.50 bits per heavy atom. The van der Waals surface area contributed by atoms with Gasteiger partial charge in [-0.15, -0.1) is 5.16 Å². The number of allylic oxidation sites excluding steroid dienone is 1. The van der Waals surface area contributed by atoms with Gasteiger partial charge >= 0.3 is 0 Å². The van der Waals surface area contributed by atoms with Crippen molar-refractivity contribution in [2.45, 2.75) is 6.42 Å². The highest BCUT2D eigenvalue weighted by Gasteiger charge is 1.99. The maximum absolute atomic E-state index is 8.16. The van der Waals surface area contributed by atoms with Crippen LogP contribution >= 0.6 is 23.2 Å². The number of hydrogen-bond acceptors (Lipinski definition) is 2. The summed E-state index contributed by atoms with van der Waals surface area (Å²) in [6.45, 7) is 0. The lowest BCUT2D eigenvalue weighted by Gasteiger charge is -1.99. The first-order chi connectivity index (χ1) is 6.75. The van der Waals surface area contributed by atoms with Crippen molar-refractivity contribution >= 4 is 35.5 Å². The Hall–Kier alpha value is -0.990. The van der Waals surface area contributed by atoms with E-state index in [9.17, 15) is 0 Å². The summed E-state index contributed by atoms with van der Waals surface area (Å²) >= 11 is 11.8. The molecule has 0 saturated carbocycles. The third-order valence-electron chi connectivity index (χ3n) is 1.61. The highest BCUT2D eigenvalue weighted by atomic mass is 35.5. The van der Waals surface area contributed by atoms with Crippen LogP contribution in [0.25, 0.3) is 6.08 Å². The van der Waals surface area contributed by atoms with Crippen molar-refractivity contribution in [2.24, 2.45) is 5.16 Å². The maximum atomic E-state index is 8.16. The molecule has 0 heterocycles. The van der Waals surface area contributed by atoms with Crippen molar-refractivity contribution in [3.05, 3.63) is 39.9 Å². The van der Waals surface area contributed by atoms with E-state index in [1.165, 1.54) is 6.21 Å². The van der Waals surface area contributed by atoms with Gasteiger partial charge in [0.2, 0.25) is 0 Å². The van der Waals surface area contributed by atoms with Gasteiger partial charge in [0, 0.05) is 28.2 Å². The molecule has 0 radical (unpaired) electrons. The summed E-state index contributed by atoms with van der Waals surface area (Å²) in [7, 11) is 0. The highest BCUT2D eigenvalue weighted by Crippen LogP contribution is 2.25. The van der Waals surface area contributed by atoms with Crippen molar-refractivity contribution in [1.29, 1.82) is 0 Å². The third kappa shape index (κ3) is 3.05. The SMILES string of the molecule is ON=CCC=Cc1c(Cl)cccc1Cl. The summed E-state index contributed by atoms with van der Waals surface area (Å²) in [5.74, 6) is 0. The lowest BCUT2D eigenvalue weighted by molar-refractivity contribution is 0.321. The molecule has 1 aromatic carbocycles. The Balaban J connectivity index is 2.80. The van der Waals surface area contributed by atoms with Gasteiger partial charge in [-0.25, -0.2) is 0 Å². The molecule has 0 aliphatic rings. The molecular formula is C10H9Cl2NO. The van der Waals surface area contributed by atoms with Gasteiger partial charge in [0.25, 0.3) is 0 Å². The number of rotatable bonds is 3. The average Bonchev–Trinajstić information content (AvgIpc) is 2.16. The Labute approximate surface area is 92.5 Å². The molecule has 0 amide bonds. The van der Waals surface area contributed by atoms with E-state index in [0.717, 1.165) is 5.56 Å². The monoisotopic (exact) mass is 229 g/mol. The standard InChI is InChI=1S/C10H9Cl2NO/c11-9-5-3-6-10(12)8(9)4-1-2-7-13-14/h1,3-7,14H,2H2. The summed E-state index contributed by atoms with van der Waals surface area (Å²) in [5, 5.41) is 12.2. The van der Waals surface area contributed by atoms with E-state index in [2.05, 4.69) is 5.16 Å². The second-order valence-electron chi connectivity index (χ2n) is 2.57. The molecule has 0 bridgehead atoms. The predicted molar refractivity (Wildman–Crippen MR) is 60.4 cm³/mol. The molecule has 0 saturated heterocycles. The fraction of sp³-hybridized carbons (Fsp3) is 0.100. The van der Waals surface area contributed by atoms with Crippen molar-refractivity contribution < 1.29 is 5.21 Å². The molecule has 0 atom stereocenters. The topological polar surface area (TPSA) is 32.6 Å². The largest absolute Gasteiger partial charge is 0.411 e. The van der Waals surface area contributed by atoms with E-state index < -0.39 is 0 Å². The molecule has 0 unspecified atom stereocenters. The van der Waals surface area contributed by atoms with Crippen molar-refractivity contribution in [1.82, 2.24) is 0 Å². The molecule has 2 nitrogen and oxygen atoms in total. The third-order valence-corrected chi connectivity index (χ3v) is 2.27. The first-order valence-corrected chi connectivity index (χ1v) is 4.77. The number of oxime groups is 1. The van der Waals surface area contributed by atoms with Crippen LogP contribution in [0.1, 0.15) is 12.0 Å². The molecule has 1 N–H and O–H groups in total. The van der Waals surface area contributed by atoms with E-state index in [4.69, 9.17) is 28.4 Å². The van der Waals surface area contributed by atoms with Crippen LogP contribution in [-0.2, 0) is 0 Å². The molecule has 4 heteroatoms. The van der Waals surface area contributed by atoms with E-state index >= 15 is 0 Å². The quantitative estimate of drug-likeness (QED) is 0.477. The van der Waals surface area contributed by atoms with Crippen LogP contribution in [0.15, 0.2) is 29.4 Å². The molecule has 74 valence electrons. The van der Waals surface area contributed by atoms with Gasteiger partial charge in [-0.3, -0.25) is 0 Å². The van der Waals surface area contributed by atoms with Gasteiger partial charge in [-0.2, -0.15) is 0 Å². The Morgan fingerprint density at radius 1 is 1.29 bits per heavy atom. The van der Waals surface area contributed by atoms with Crippen LogP contribution < -0.4 is 0 Å². The minimum Gasteiger partial charge on any atom is -0.411 e. The first-order valence-electron chi connectivity index (χ1n) is 4.02. The van der Waals surface area contributed by atoms with Crippen LogP contribution in [0.2, 0.25) is 10.0 Å². The normalized spacial score (nSPS) is 11.6. The van der Waals surface area contributed by atoms with Gasteiger partial charge in [0.1, 0.15) is 0 Å². The van der Waals surface area contributed by atoms with Gasteiger partial charge < -0.3 is 5.21 Å². The first kappa shape index (κ1) is 11.1. The van der Waals surface area contributed by atoms with Gasteiger partial charge in [0.05, 0.1) is 0 Å². The molecule has 0 aliphatic heterocycles.